The van der Waals surface area contributed by atoms with Gasteiger partial charge in [0.2, 0.25) is 12.1 Å². The van der Waals surface area contributed by atoms with Crippen LogP contribution in [0.15, 0.2) is 108 Å². The third-order valence-electron chi connectivity index (χ3n) is 7.09. The highest BCUT2D eigenvalue weighted by atomic mass is 32.2. The normalized spacial score (nSPS) is 14.7. The average Bonchev–Trinajstić information content (AvgIpc) is 3.15. The van der Waals surface area contributed by atoms with Crippen molar-refractivity contribution in [3.63, 3.8) is 0 Å². The molecule has 0 saturated carbocycles. The van der Waals surface area contributed by atoms with E-state index in [0.29, 0.717) is 11.3 Å². The van der Waals surface area contributed by atoms with Gasteiger partial charge < -0.3 is 15.5 Å². The number of urea groups is 1. The van der Waals surface area contributed by atoms with E-state index in [1.807, 2.05) is 0 Å². The van der Waals surface area contributed by atoms with Gasteiger partial charge in [-0.2, -0.15) is 21.6 Å². The lowest BCUT2D eigenvalue weighted by Gasteiger charge is -2.27. The van der Waals surface area contributed by atoms with E-state index in [0.717, 1.165) is 17.0 Å². The van der Waals surface area contributed by atoms with Crippen molar-refractivity contribution in [2.75, 3.05) is 33.4 Å². The highest BCUT2D eigenvalue weighted by Gasteiger charge is 2.46. The molecule has 1 aliphatic rings. The molecule has 0 aliphatic carbocycles. The molecule has 0 saturated heterocycles. The quantitative estimate of drug-likeness (QED) is 0.223. The van der Waals surface area contributed by atoms with Gasteiger partial charge in [-0.05, 0) is 48.5 Å². The molecule has 16 heteroatoms. The number of hydrogen-bond donors (Lipinski definition) is 3. The molecule has 11 nitrogen and oxygen atoms in total. The van der Waals surface area contributed by atoms with Gasteiger partial charge in [0.1, 0.15) is 12.4 Å². The Kier molecular flexibility index (Phi) is 9.47. The molecule has 0 bridgehead atoms. The first-order valence-electron chi connectivity index (χ1n) is 14.1. The van der Waals surface area contributed by atoms with Crippen LogP contribution in [0.5, 0.6) is 0 Å². The number of carbonyl (C=O) groups excluding carboxylic acids is 3. The Hall–Kier alpha value is -5.77. The zero-order valence-electron chi connectivity index (χ0n) is 24.9. The van der Waals surface area contributed by atoms with Crippen LogP contribution in [0.3, 0.4) is 0 Å². The molecule has 4 aromatic carbocycles. The molecule has 1 atom stereocenters. The molecule has 0 fully saturated rings. The van der Waals surface area contributed by atoms with E-state index in [1.165, 1.54) is 47.0 Å². The van der Waals surface area contributed by atoms with Crippen LogP contribution < -0.4 is 25.2 Å². The summed E-state index contributed by atoms with van der Waals surface area (Å²) in [5.74, 6) is -2.03. The molecular formula is C32H26F4N6O5S. The van der Waals surface area contributed by atoms with E-state index < -0.39 is 57.6 Å². The van der Waals surface area contributed by atoms with Crippen LogP contribution in [0.25, 0.3) is 0 Å². The van der Waals surface area contributed by atoms with E-state index in [4.69, 9.17) is 0 Å². The number of benzene rings is 4. The fourth-order valence-corrected chi connectivity index (χ4v) is 5.31. The number of amides is 4. The Bertz CT molecular complexity index is 2010. The number of hydrogen-bond acceptors (Lipinski definition) is 6. The zero-order chi connectivity index (χ0) is 34.6. The monoisotopic (exact) mass is 682 g/mol. The standard InChI is InChI=1S/C32H26F4N6O5S/c1-41(22-12-3-2-4-13-22)27(43)19-42-26-17-8-6-15-24(26)28(23-14-5-7-16-25(23)33)38-29(30(42)44)39-31(45)37-20-10-9-11-21(18-20)40-48(46,47)32(34,35)36/h2-18,29,40H,19H2,1H3,(H2,37,39,45). The summed E-state index contributed by atoms with van der Waals surface area (Å²) in [5, 5.41) is 4.69. The minimum Gasteiger partial charge on any atom is -0.314 e. The Morgan fingerprint density at radius 1 is 0.875 bits per heavy atom. The van der Waals surface area contributed by atoms with Gasteiger partial charge in [0.15, 0.2) is 0 Å². The van der Waals surface area contributed by atoms with Crippen molar-refractivity contribution in [1.82, 2.24) is 5.32 Å². The highest BCUT2D eigenvalue weighted by molar-refractivity contribution is 7.93. The molecule has 0 radical (unpaired) electrons. The summed E-state index contributed by atoms with van der Waals surface area (Å²) in [6.45, 7) is -0.498. The van der Waals surface area contributed by atoms with Gasteiger partial charge in [-0.15, -0.1) is 0 Å². The molecule has 0 aromatic heterocycles. The van der Waals surface area contributed by atoms with Gasteiger partial charge >= 0.3 is 21.6 Å². The van der Waals surface area contributed by atoms with Gasteiger partial charge in [0.25, 0.3) is 5.91 Å². The number of alkyl halides is 3. The van der Waals surface area contributed by atoms with Gasteiger partial charge in [0.05, 0.1) is 17.1 Å². The van der Waals surface area contributed by atoms with Crippen LogP contribution in [0.2, 0.25) is 0 Å². The second kappa shape index (κ2) is 13.5. The molecule has 4 aromatic rings. The summed E-state index contributed by atoms with van der Waals surface area (Å²) in [6, 6.07) is 24.0. The second-order valence-corrected chi connectivity index (χ2v) is 12.0. The Labute approximate surface area is 271 Å². The summed E-state index contributed by atoms with van der Waals surface area (Å²) < 4.78 is 78.2. The number of aliphatic imine (C=N–C) groups is 1. The molecule has 1 unspecified atom stereocenters. The summed E-state index contributed by atoms with van der Waals surface area (Å²) in [6.07, 6.45) is -1.73. The van der Waals surface area contributed by atoms with E-state index in [9.17, 15) is 36.0 Å². The van der Waals surface area contributed by atoms with Crippen molar-refractivity contribution in [3.8, 4) is 0 Å². The fourth-order valence-electron chi connectivity index (χ4n) is 4.76. The first-order chi connectivity index (χ1) is 22.7. The fraction of sp³-hybridized carbons (Fsp3) is 0.125. The number of fused-ring (bicyclic) bond motifs is 1. The first-order valence-corrected chi connectivity index (χ1v) is 15.6. The highest BCUT2D eigenvalue weighted by Crippen LogP contribution is 2.30. The maximum Gasteiger partial charge on any atom is 0.516 e. The van der Waals surface area contributed by atoms with Gasteiger partial charge in [-0.3, -0.25) is 19.2 Å². The maximum atomic E-state index is 15.1. The number of likely N-dealkylation sites (N-methyl/N-ethyl adjacent to an activating group) is 1. The average molecular weight is 683 g/mol. The third-order valence-corrected chi connectivity index (χ3v) is 8.21. The molecule has 3 N–H and O–H groups in total. The lowest BCUT2D eigenvalue weighted by Crippen LogP contribution is -2.51. The molecule has 1 aliphatic heterocycles. The number of benzodiazepines with no additional fused rings is 1. The SMILES string of the molecule is CN(C(=O)CN1C(=O)C(NC(=O)Nc2cccc(NS(=O)(=O)C(F)(F)F)c2)N=C(c2ccccc2F)c2ccccc21)c1ccccc1. The largest absolute Gasteiger partial charge is 0.516 e. The summed E-state index contributed by atoms with van der Waals surface area (Å²) in [7, 11) is -4.21. The van der Waals surface area contributed by atoms with Crippen LogP contribution >= 0.6 is 0 Å². The molecule has 1 heterocycles. The predicted octanol–water partition coefficient (Wildman–Crippen LogP) is 5.08. The van der Waals surface area contributed by atoms with Crippen molar-refractivity contribution in [2.24, 2.45) is 4.99 Å². The number of nitrogens with one attached hydrogen (secondary N) is 3. The van der Waals surface area contributed by atoms with Crippen LogP contribution in [0.4, 0.5) is 45.1 Å². The summed E-state index contributed by atoms with van der Waals surface area (Å²) in [4.78, 5) is 47.6. The molecule has 5 rings (SSSR count). The van der Waals surface area contributed by atoms with Gasteiger partial charge in [0, 0.05) is 29.5 Å². The number of sulfonamides is 1. The van der Waals surface area contributed by atoms with Crippen molar-refractivity contribution in [2.45, 2.75) is 11.7 Å². The number of para-hydroxylation sites is 2. The van der Waals surface area contributed by atoms with Crippen molar-refractivity contribution in [1.29, 1.82) is 0 Å². The van der Waals surface area contributed by atoms with E-state index >= 15 is 4.39 Å². The summed E-state index contributed by atoms with van der Waals surface area (Å²) in [5.41, 5.74) is -5.17. The van der Waals surface area contributed by atoms with E-state index in [2.05, 4.69) is 15.6 Å². The van der Waals surface area contributed by atoms with E-state index in [-0.39, 0.29) is 22.6 Å². The first kappa shape index (κ1) is 33.6. The number of anilines is 4. The van der Waals surface area contributed by atoms with Crippen LogP contribution in [0.1, 0.15) is 11.1 Å². The lowest BCUT2D eigenvalue weighted by atomic mass is 9.99. The minimum atomic E-state index is -5.74. The molecule has 0 spiro atoms. The Morgan fingerprint density at radius 3 is 2.19 bits per heavy atom. The molecule has 4 amide bonds. The van der Waals surface area contributed by atoms with Crippen LogP contribution in [0, 0.1) is 5.82 Å². The number of nitrogens with zero attached hydrogens (tertiary/aromatic N) is 3. The van der Waals surface area contributed by atoms with Gasteiger partial charge in [-0.25, -0.2) is 14.2 Å². The second-order valence-electron chi connectivity index (χ2n) is 10.3. The third kappa shape index (κ3) is 7.28. The summed E-state index contributed by atoms with van der Waals surface area (Å²) >= 11 is 0. The topological polar surface area (TPSA) is 140 Å². The molecule has 48 heavy (non-hydrogen) atoms. The van der Waals surface area contributed by atoms with Gasteiger partial charge in [-0.1, -0.05) is 54.6 Å². The van der Waals surface area contributed by atoms with Crippen LogP contribution in [-0.2, 0) is 19.6 Å². The Morgan fingerprint density at radius 2 is 1.50 bits per heavy atom. The van der Waals surface area contributed by atoms with E-state index in [1.54, 1.807) is 60.7 Å². The smallest absolute Gasteiger partial charge is 0.314 e. The number of halogens is 4. The van der Waals surface area contributed by atoms with Crippen molar-refractivity contribution in [3.05, 3.63) is 120 Å². The Balaban J connectivity index is 1.48. The lowest BCUT2D eigenvalue weighted by molar-refractivity contribution is -0.123. The minimum absolute atomic E-state index is 0.00253. The number of rotatable bonds is 8. The zero-order valence-corrected chi connectivity index (χ0v) is 25.7. The maximum absolute atomic E-state index is 15.1. The molecular weight excluding hydrogens is 656 g/mol. The predicted molar refractivity (Wildman–Crippen MR) is 172 cm³/mol. The van der Waals surface area contributed by atoms with Crippen molar-refractivity contribution >= 4 is 56.3 Å². The van der Waals surface area contributed by atoms with Crippen molar-refractivity contribution < 1.29 is 40.4 Å². The molecule has 248 valence electrons. The van der Waals surface area contributed by atoms with Crippen LogP contribution in [-0.4, -0.2) is 57.2 Å². The number of carbonyl (C=O) groups is 3.